The molecule has 5 rings (SSSR count). The van der Waals surface area contributed by atoms with Gasteiger partial charge in [-0.05, 0) is 65.9 Å². The van der Waals surface area contributed by atoms with Crippen LogP contribution in [0.1, 0.15) is 17.0 Å². The molecule has 0 N–H and O–H groups in total. The van der Waals surface area contributed by atoms with E-state index in [0.717, 1.165) is 0 Å². The van der Waals surface area contributed by atoms with Gasteiger partial charge in [-0.2, -0.15) is 9.78 Å². The van der Waals surface area contributed by atoms with Crippen molar-refractivity contribution in [1.29, 1.82) is 0 Å². The zero-order valence-electron chi connectivity index (χ0n) is 18.2. The lowest BCUT2D eigenvalue weighted by Gasteiger charge is -2.19. The maximum absolute atomic E-state index is 14.5. The predicted molar refractivity (Wildman–Crippen MR) is 149 cm³/mol. The predicted octanol–water partition coefficient (Wildman–Crippen LogP) is 9.32. The van der Waals surface area contributed by atoms with E-state index in [1.54, 1.807) is 42.5 Å². The highest BCUT2D eigenvalue weighted by Crippen LogP contribution is 2.39. The molecule has 0 amide bonds. The third kappa shape index (κ3) is 5.73. The molecule has 0 radical (unpaired) electrons. The number of rotatable bonds is 5. The second-order valence-corrected chi connectivity index (χ2v) is 11.1. The molecule has 3 aromatic carbocycles. The van der Waals surface area contributed by atoms with Gasteiger partial charge < -0.3 is 4.74 Å². The van der Waals surface area contributed by atoms with E-state index >= 15 is 0 Å². The summed E-state index contributed by atoms with van der Waals surface area (Å²) in [7, 11) is 0. The van der Waals surface area contributed by atoms with Crippen LogP contribution in [0.2, 0.25) is 30.1 Å². The molecule has 13 heteroatoms. The normalized spacial score (nSPS) is 14.0. The smallest absolute Gasteiger partial charge is 0.217 e. The molecule has 4 aromatic rings. The standard InChI is InChI=1S/C24H11Cl6FN4OS/c25-12-2-1-11(15(27)6-12)5-21-23(14-8-19(31)17(29)9-16(14)28)34-35-22(32-33-24(35)37-21)10-36-20-4-3-13(26)7-18(20)30/h1-9H,10H2/b21-5-. The fraction of sp³-hybridized carbons (Fsp3) is 0.0417. The molecule has 0 atom stereocenters. The molecule has 0 saturated heterocycles. The number of fused-ring (bicyclic) bond motifs is 1. The first kappa shape index (κ1) is 26.6. The van der Waals surface area contributed by atoms with Crippen molar-refractivity contribution < 1.29 is 9.13 Å². The molecule has 0 spiro atoms. The van der Waals surface area contributed by atoms with E-state index in [-0.39, 0.29) is 16.7 Å². The fourth-order valence-electron chi connectivity index (χ4n) is 3.33. The average Bonchev–Trinajstić information content (AvgIpc) is 3.24. The van der Waals surface area contributed by atoms with Crippen LogP contribution in [0, 0.1) is 5.82 Å². The number of hydrogen-bond acceptors (Lipinski definition) is 5. The van der Waals surface area contributed by atoms with E-state index in [4.69, 9.17) is 79.4 Å². The van der Waals surface area contributed by atoms with Gasteiger partial charge in [0.1, 0.15) is 23.9 Å². The summed E-state index contributed by atoms with van der Waals surface area (Å²) >= 11 is 38.2. The largest absolute Gasteiger partial charge is 0.484 e. The molecule has 0 bridgehead atoms. The Bertz CT molecular complexity index is 1610. The number of aromatic nitrogens is 3. The second kappa shape index (κ2) is 11.0. The molecule has 1 aromatic heterocycles. The maximum atomic E-state index is 14.5. The third-order valence-electron chi connectivity index (χ3n) is 5.08. The molecule has 1 aliphatic heterocycles. The van der Waals surface area contributed by atoms with Gasteiger partial charge in [0.05, 0.1) is 15.1 Å². The summed E-state index contributed by atoms with van der Waals surface area (Å²) < 4.78 is 21.8. The van der Waals surface area contributed by atoms with Crippen LogP contribution in [0.4, 0.5) is 4.39 Å². The molecule has 1 aliphatic rings. The van der Waals surface area contributed by atoms with Crippen molar-refractivity contribution >= 4 is 93.2 Å². The minimum Gasteiger partial charge on any atom is -0.484 e. The monoisotopic (exact) mass is 632 g/mol. The molecule has 188 valence electrons. The quantitative estimate of drug-likeness (QED) is 0.205. The van der Waals surface area contributed by atoms with Gasteiger partial charge in [0.15, 0.2) is 5.82 Å². The Balaban J connectivity index is 1.58. The highest BCUT2D eigenvalue weighted by atomic mass is 35.5. The summed E-state index contributed by atoms with van der Waals surface area (Å²) in [5.41, 5.74) is 1.34. The van der Waals surface area contributed by atoms with Crippen molar-refractivity contribution in [3.63, 3.8) is 0 Å². The van der Waals surface area contributed by atoms with Gasteiger partial charge in [-0.15, -0.1) is 10.2 Å². The van der Waals surface area contributed by atoms with Gasteiger partial charge in [-0.1, -0.05) is 75.7 Å². The van der Waals surface area contributed by atoms with E-state index in [9.17, 15) is 4.39 Å². The van der Waals surface area contributed by atoms with E-state index in [2.05, 4.69) is 10.2 Å². The first-order valence-electron chi connectivity index (χ1n) is 10.3. The van der Waals surface area contributed by atoms with Crippen LogP contribution >= 0.6 is 81.4 Å². The van der Waals surface area contributed by atoms with Crippen LogP contribution in [0.15, 0.2) is 63.7 Å². The van der Waals surface area contributed by atoms with Crippen molar-refractivity contribution in [2.24, 2.45) is 5.10 Å². The van der Waals surface area contributed by atoms with Crippen molar-refractivity contribution in [2.75, 3.05) is 0 Å². The molecular weight excluding hydrogens is 624 g/mol. The Hall–Kier alpha value is -1.97. The molecule has 0 aliphatic carbocycles. The molecule has 0 fully saturated rings. The molecule has 0 saturated carbocycles. The van der Waals surface area contributed by atoms with Gasteiger partial charge >= 0.3 is 0 Å². The summed E-state index contributed by atoms with van der Waals surface area (Å²) in [6.07, 6.45) is 1.78. The van der Waals surface area contributed by atoms with Crippen LogP contribution in [0.5, 0.6) is 5.75 Å². The van der Waals surface area contributed by atoms with E-state index in [0.29, 0.717) is 58.6 Å². The highest BCUT2D eigenvalue weighted by molar-refractivity contribution is 8.04. The number of halogens is 7. The summed E-state index contributed by atoms with van der Waals surface area (Å²) in [5.74, 6) is 0.144. The van der Waals surface area contributed by atoms with Crippen LogP contribution in [0.25, 0.3) is 6.08 Å². The lowest BCUT2D eigenvalue weighted by atomic mass is 10.1. The van der Waals surface area contributed by atoms with Gasteiger partial charge in [0.2, 0.25) is 5.16 Å². The lowest BCUT2D eigenvalue weighted by molar-refractivity contribution is 0.290. The second-order valence-electron chi connectivity index (χ2n) is 7.55. The minimum atomic E-state index is -0.645. The first-order chi connectivity index (χ1) is 17.7. The Morgan fingerprint density at radius 3 is 2.30 bits per heavy atom. The van der Waals surface area contributed by atoms with Crippen molar-refractivity contribution in [3.05, 3.63) is 106 Å². The van der Waals surface area contributed by atoms with Crippen LogP contribution in [-0.4, -0.2) is 20.6 Å². The van der Waals surface area contributed by atoms with E-state index < -0.39 is 5.82 Å². The fourth-order valence-corrected chi connectivity index (χ4v) is 5.67. The van der Waals surface area contributed by atoms with Crippen molar-refractivity contribution in [3.8, 4) is 5.75 Å². The minimum absolute atomic E-state index is 0.00351. The number of ether oxygens (including phenoxy) is 1. The van der Waals surface area contributed by atoms with E-state index in [1.165, 1.54) is 28.6 Å². The van der Waals surface area contributed by atoms with Crippen molar-refractivity contribution in [2.45, 2.75) is 11.8 Å². The van der Waals surface area contributed by atoms with Gasteiger partial charge in [0.25, 0.3) is 0 Å². The molecule has 5 nitrogen and oxygen atoms in total. The van der Waals surface area contributed by atoms with Gasteiger partial charge in [-0.25, -0.2) is 4.39 Å². The molecular formula is C24H11Cl6FN4OS. The van der Waals surface area contributed by atoms with Gasteiger partial charge in [0, 0.05) is 25.5 Å². The summed E-state index contributed by atoms with van der Waals surface area (Å²) in [6.45, 7) is -0.00351. The summed E-state index contributed by atoms with van der Waals surface area (Å²) in [6, 6.07) is 12.5. The number of allylic oxidation sites excluding steroid dienone is 1. The zero-order chi connectivity index (χ0) is 26.3. The lowest BCUT2D eigenvalue weighted by Crippen LogP contribution is -2.15. The topological polar surface area (TPSA) is 52.3 Å². The molecule has 2 heterocycles. The SMILES string of the molecule is Fc1cc(C2=Nn3c(COc4ccc(Cl)cc4Cl)nnc3S/C2=C\c2ccc(Cl)cc2Cl)c(Cl)cc1Cl. The van der Waals surface area contributed by atoms with E-state index in [1.807, 2.05) is 0 Å². The number of nitrogens with zero attached hydrogens (tertiary/aromatic N) is 4. The van der Waals surface area contributed by atoms with Gasteiger partial charge in [-0.3, -0.25) is 0 Å². The molecule has 37 heavy (non-hydrogen) atoms. The highest BCUT2D eigenvalue weighted by Gasteiger charge is 2.27. The molecule has 0 unspecified atom stereocenters. The Morgan fingerprint density at radius 1 is 0.838 bits per heavy atom. The summed E-state index contributed by atoms with van der Waals surface area (Å²) in [4.78, 5) is 0.598. The number of thioether (sulfide) groups is 1. The number of hydrogen-bond donors (Lipinski definition) is 0. The summed E-state index contributed by atoms with van der Waals surface area (Å²) in [5, 5.41) is 15.4. The Kier molecular flexibility index (Phi) is 7.93. The Labute approximate surface area is 244 Å². The van der Waals surface area contributed by atoms with Crippen LogP contribution < -0.4 is 4.74 Å². The van der Waals surface area contributed by atoms with Crippen molar-refractivity contribution in [1.82, 2.24) is 14.9 Å². The van der Waals surface area contributed by atoms with Crippen LogP contribution in [-0.2, 0) is 6.61 Å². The zero-order valence-corrected chi connectivity index (χ0v) is 23.5. The average molecular weight is 635 g/mol. The van der Waals surface area contributed by atoms with Crippen LogP contribution in [0.3, 0.4) is 0 Å². The first-order valence-corrected chi connectivity index (χ1v) is 13.4. The number of benzene rings is 3. The maximum Gasteiger partial charge on any atom is 0.217 e. The Morgan fingerprint density at radius 2 is 1.57 bits per heavy atom. The third-order valence-corrected chi connectivity index (χ3v) is 7.74.